The molecular formula is C9H13N5OS. The Hall–Kier alpha value is -1.63. The van der Waals surface area contributed by atoms with Gasteiger partial charge in [-0.05, 0) is 19.0 Å². The molecule has 2 rings (SSSR count). The van der Waals surface area contributed by atoms with Gasteiger partial charge < -0.3 is 15.2 Å². The second-order valence-electron chi connectivity index (χ2n) is 3.14. The van der Waals surface area contributed by atoms with Crippen LogP contribution in [-0.4, -0.2) is 28.2 Å². The summed E-state index contributed by atoms with van der Waals surface area (Å²) in [6.45, 7) is 5.77. The molecule has 0 aliphatic rings. The summed E-state index contributed by atoms with van der Waals surface area (Å²) in [5, 5.41) is 6.21. The van der Waals surface area contributed by atoms with Crippen molar-refractivity contribution in [3.63, 3.8) is 0 Å². The van der Waals surface area contributed by atoms with Crippen molar-refractivity contribution in [2.24, 2.45) is 0 Å². The minimum atomic E-state index is 0.412. The number of anilines is 2. The van der Waals surface area contributed by atoms with Gasteiger partial charge in [-0.3, -0.25) is 0 Å². The molecule has 0 spiro atoms. The number of hydrogen-bond acceptors (Lipinski definition) is 7. The molecule has 2 aromatic heterocycles. The molecule has 0 bridgehead atoms. The number of rotatable bonds is 4. The molecule has 86 valence electrons. The number of nitrogen functional groups attached to an aromatic ring is 1. The van der Waals surface area contributed by atoms with E-state index in [1.807, 2.05) is 18.7 Å². The molecule has 7 heteroatoms. The van der Waals surface area contributed by atoms with Gasteiger partial charge in [0.2, 0.25) is 0 Å². The van der Waals surface area contributed by atoms with E-state index in [2.05, 4.69) is 15.1 Å². The van der Waals surface area contributed by atoms with E-state index in [4.69, 9.17) is 10.3 Å². The summed E-state index contributed by atoms with van der Waals surface area (Å²) in [4.78, 5) is 10.4. The Kier molecular flexibility index (Phi) is 3.04. The van der Waals surface area contributed by atoms with Crippen molar-refractivity contribution in [3.05, 3.63) is 5.38 Å². The fourth-order valence-electron chi connectivity index (χ4n) is 1.34. The lowest BCUT2D eigenvalue weighted by atomic mass is 10.5. The lowest BCUT2D eigenvalue weighted by molar-refractivity contribution is 0.428. The average molecular weight is 239 g/mol. The predicted octanol–water partition coefficient (Wildman–Crippen LogP) is 1.62. The largest absolute Gasteiger partial charge is 0.375 e. The molecule has 0 amide bonds. The molecule has 0 aromatic carbocycles. The minimum absolute atomic E-state index is 0.412. The number of aromatic nitrogens is 3. The highest BCUT2D eigenvalue weighted by Crippen LogP contribution is 2.23. The first-order valence-corrected chi connectivity index (χ1v) is 5.92. The van der Waals surface area contributed by atoms with Gasteiger partial charge >= 0.3 is 0 Å². The molecule has 0 saturated heterocycles. The molecule has 0 saturated carbocycles. The SMILES string of the molecule is CCN(CC)c1noc(-c2csc(N)n2)n1. The average Bonchev–Trinajstić information content (AvgIpc) is 2.89. The first-order chi connectivity index (χ1) is 7.74. The zero-order valence-corrected chi connectivity index (χ0v) is 9.99. The van der Waals surface area contributed by atoms with Crippen molar-refractivity contribution in [1.82, 2.24) is 15.1 Å². The van der Waals surface area contributed by atoms with Crippen LogP contribution in [-0.2, 0) is 0 Å². The Morgan fingerprint density at radius 2 is 2.12 bits per heavy atom. The molecule has 0 atom stereocenters. The van der Waals surface area contributed by atoms with Crippen LogP contribution < -0.4 is 10.6 Å². The molecule has 2 aromatic rings. The summed E-state index contributed by atoms with van der Waals surface area (Å²) in [7, 11) is 0. The van der Waals surface area contributed by atoms with Crippen molar-refractivity contribution >= 4 is 22.4 Å². The Bertz CT molecular complexity index is 462. The second-order valence-corrected chi connectivity index (χ2v) is 4.03. The van der Waals surface area contributed by atoms with E-state index >= 15 is 0 Å². The highest BCUT2D eigenvalue weighted by atomic mass is 32.1. The molecule has 0 fully saturated rings. The van der Waals surface area contributed by atoms with Gasteiger partial charge in [0.05, 0.1) is 0 Å². The molecule has 0 aliphatic carbocycles. The molecule has 16 heavy (non-hydrogen) atoms. The molecule has 2 heterocycles. The van der Waals surface area contributed by atoms with Crippen molar-refractivity contribution in [2.75, 3.05) is 23.7 Å². The number of hydrogen-bond donors (Lipinski definition) is 1. The van der Waals surface area contributed by atoms with Gasteiger partial charge in [-0.1, -0.05) is 0 Å². The normalized spacial score (nSPS) is 10.6. The second kappa shape index (κ2) is 4.48. The van der Waals surface area contributed by atoms with E-state index in [1.54, 1.807) is 5.38 Å². The Morgan fingerprint density at radius 3 is 2.69 bits per heavy atom. The van der Waals surface area contributed by atoms with E-state index in [0.717, 1.165) is 13.1 Å². The van der Waals surface area contributed by atoms with Crippen LogP contribution in [0.15, 0.2) is 9.90 Å². The third-order valence-electron chi connectivity index (χ3n) is 2.20. The van der Waals surface area contributed by atoms with Crippen LogP contribution in [0, 0.1) is 0 Å². The van der Waals surface area contributed by atoms with E-state index in [1.165, 1.54) is 11.3 Å². The molecule has 0 aliphatic heterocycles. The maximum absolute atomic E-state index is 5.54. The smallest absolute Gasteiger partial charge is 0.279 e. The lowest BCUT2D eigenvalue weighted by Crippen LogP contribution is -2.22. The van der Waals surface area contributed by atoms with Crippen molar-refractivity contribution in [1.29, 1.82) is 0 Å². The van der Waals surface area contributed by atoms with Gasteiger partial charge in [0.25, 0.3) is 11.8 Å². The van der Waals surface area contributed by atoms with Crippen LogP contribution in [0.4, 0.5) is 11.1 Å². The predicted molar refractivity (Wildman–Crippen MR) is 63.4 cm³/mol. The zero-order chi connectivity index (χ0) is 11.5. The van der Waals surface area contributed by atoms with Crippen LogP contribution in [0.5, 0.6) is 0 Å². The van der Waals surface area contributed by atoms with E-state index in [-0.39, 0.29) is 0 Å². The maximum Gasteiger partial charge on any atom is 0.279 e. The van der Waals surface area contributed by atoms with Crippen LogP contribution in [0.3, 0.4) is 0 Å². The summed E-state index contributed by atoms with van der Waals surface area (Å²) in [6.07, 6.45) is 0. The van der Waals surface area contributed by atoms with Gasteiger partial charge in [-0.25, -0.2) is 4.98 Å². The topological polar surface area (TPSA) is 81.1 Å². The van der Waals surface area contributed by atoms with Crippen LogP contribution in [0.1, 0.15) is 13.8 Å². The zero-order valence-electron chi connectivity index (χ0n) is 9.17. The molecular weight excluding hydrogens is 226 g/mol. The Balaban J connectivity index is 2.25. The Morgan fingerprint density at radius 1 is 1.38 bits per heavy atom. The summed E-state index contributed by atoms with van der Waals surface area (Å²) in [5.74, 6) is 1.00. The van der Waals surface area contributed by atoms with E-state index in [9.17, 15) is 0 Å². The number of nitrogens with two attached hydrogens (primary N) is 1. The Labute approximate surface area is 97.1 Å². The summed E-state index contributed by atoms with van der Waals surface area (Å²) in [6, 6.07) is 0. The van der Waals surface area contributed by atoms with Gasteiger partial charge in [0.1, 0.15) is 5.69 Å². The molecule has 2 N–H and O–H groups in total. The highest BCUT2D eigenvalue weighted by molar-refractivity contribution is 7.13. The number of nitrogens with zero attached hydrogens (tertiary/aromatic N) is 4. The standard InChI is InChI=1S/C9H13N5OS/c1-3-14(4-2)9-12-7(15-13-9)6-5-16-8(10)11-6/h5H,3-4H2,1-2H3,(H2,10,11). The first kappa shape index (κ1) is 10.9. The van der Waals surface area contributed by atoms with Gasteiger partial charge in [0, 0.05) is 18.5 Å². The van der Waals surface area contributed by atoms with Crippen molar-refractivity contribution < 1.29 is 4.52 Å². The highest BCUT2D eigenvalue weighted by Gasteiger charge is 2.14. The number of thiazole rings is 1. The van der Waals surface area contributed by atoms with E-state index < -0.39 is 0 Å². The summed E-state index contributed by atoms with van der Waals surface area (Å²) >= 11 is 1.35. The fourth-order valence-corrected chi connectivity index (χ4v) is 1.88. The third kappa shape index (κ3) is 1.99. The first-order valence-electron chi connectivity index (χ1n) is 5.04. The van der Waals surface area contributed by atoms with Gasteiger partial charge in [0.15, 0.2) is 5.13 Å². The fraction of sp³-hybridized carbons (Fsp3) is 0.444. The van der Waals surface area contributed by atoms with Gasteiger partial charge in [-0.2, -0.15) is 4.98 Å². The summed E-state index contributed by atoms with van der Waals surface area (Å²) in [5.41, 5.74) is 6.17. The molecule has 6 nitrogen and oxygen atoms in total. The monoisotopic (exact) mass is 239 g/mol. The van der Waals surface area contributed by atoms with Crippen molar-refractivity contribution in [2.45, 2.75) is 13.8 Å². The lowest BCUT2D eigenvalue weighted by Gasteiger charge is -2.14. The minimum Gasteiger partial charge on any atom is -0.375 e. The molecule has 0 radical (unpaired) electrons. The molecule has 0 unspecified atom stereocenters. The summed E-state index contributed by atoms with van der Waals surface area (Å²) < 4.78 is 5.13. The van der Waals surface area contributed by atoms with E-state index in [0.29, 0.717) is 22.7 Å². The van der Waals surface area contributed by atoms with Crippen LogP contribution >= 0.6 is 11.3 Å². The van der Waals surface area contributed by atoms with Crippen molar-refractivity contribution in [3.8, 4) is 11.6 Å². The van der Waals surface area contributed by atoms with Crippen LogP contribution in [0.25, 0.3) is 11.6 Å². The van der Waals surface area contributed by atoms with Gasteiger partial charge in [-0.15, -0.1) is 11.3 Å². The third-order valence-corrected chi connectivity index (χ3v) is 2.88. The maximum atomic E-state index is 5.54. The van der Waals surface area contributed by atoms with Crippen LogP contribution in [0.2, 0.25) is 0 Å². The quantitative estimate of drug-likeness (QED) is 0.873.